The lowest BCUT2D eigenvalue weighted by Gasteiger charge is -2.18. The van der Waals surface area contributed by atoms with Crippen molar-refractivity contribution in [2.24, 2.45) is 0 Å². The molecule has 144 valence electrons. The van der Waals surface area contributed by atoms with E-state index in [1.54, 1.807) is 0 Å². The van der Waals surface area contributed by atoms with E-state index in [1.807, 2.05) is 4.98 Å². The normalized spacial score (nSPS) is 27.8. The third-order valence-electron chi connectivity index (χ3n) is 3.60. The van der Waals surface area contributed by atoms with Crippen LogP contribution in [-0.2, 0) is 18.6 Å². The number of ether oxygens (including phenoxy) is 1. The van der Waals surface area contributed by atoms with Crippen LogP contribution in [0.1, 0.15) is 11.8 Å². The molecule has 1 aliphatic rings. The second kappa shape index (κ2) is 7.66. The topological polar surface area (TPSA) is 188 Å². The van der Waals surface area contributed by atoms with E-state index in [1.165, 1.54) is 6.08 Å². The summed E-state index contributed by atoms with van der Waals surface area (Å²) in [6.07, 6.45) is -4.88. The van der Waals surface area contributed by atoms with Gasteiger partial charge in [0, 0.05) is 6.20 Å². The first-order valence-corrected chi connectivity index (χ1v) is 8.99. The van der Waals surface area contributed by atoms with Gasteiger partial charge in [-0.3, -0.25) is 23.7 Å². The molecule has 12 nitrogen and oxygen atoms in total. The largest absolute Gasteiger partial charge is 0.481 e. The average Bonchev–Trinajstić information content (AvgIpc) is 2.80. The summed E-state index contributed by atoms with van der Waals surface area (Å²) in [5, 5.41) is 28.6. The summed E-state index contributed by atoms with van der Waals surface area (Å²) in [7, 11) is -4.47. The van der Waals surface area contributed by atoms with Crippen LogP contribution in [0.25, 0.3) is 6.08 Å². The molecule has 5 N–H and O–H groups in total. The fourth-order valence-corrected chi connectivity index (χ4v) is 3.15. The summed E-state index contributed by atoms with van der Waals surface area (Å²) >= 11 is 0. The standard InChI is InChI=1S/C13H17N2O10P/c1-2-6-3-15(13(21)14-11(6)20)12-10(19)9(18)7(25-12)4-24-26(22,23)5-8(16)17/h2-3,7,9-10,12,18-19H,1,4-5H2,(H,16,17)(H,22,23)(H,14,20,21). The lowest BCUT2D eigenvalue weighted by molar-refractivity contribution is -0.134. The first-order valence-electron chi connectivity index (χ1n) is 7.23. The van der Waals surface area contributed by atoms with Crippen molar-refractivity contribution < 1.29 is 38.8 Å². The first kappa shape index (κ1) is 20.2. The highest BCUT2D eigenvalue weighted by Gasteiger charge is 2.45. The number of hydrogen-bond acceptors (Lipinski definition) is 8. The number of aromatic nitrogens is 2. The van der Waals surface area contributed by atoms with Crippen molar-refractivity contribution in [3.05, 3.63) is 39.2 Å². The molecule has 26 heavy (non-hydrogen) atoms. The van der Waals surface area contributed by atoms with Crippen LogP contribution < -0.4 is 11.2 Å². The molecule has 0 aliphatic carbocycles. The Labute approximate surface area is 145 Å². The summed E-state index contributed by atoms with van der Waals surface area (Å²) in [6, 6.07) is 0. The molecule has 2 heterocycles. The highest BCUT2D eigenvalue weighted by Crippen LogP contribution is 2.42. The maximum atomic E-state index is 11.9. The maximum Gasteiger partial charge on any atom is 0.339 e. The Bertz CT molecular complexity index is 861. The van der Waals surface area contributed by atoms with Gasteiger partial charge in [-0.05, 0) is 0 Å². The highest BCUT2D eigenvalue weighted by atomic mass is 31.2. The van der Waals surface area contributed by atoms with Crippen molar-refractivity contribution in [1.29, 1.82) is 0 Å². The van der Waals surface area contributed by atoms with Crippen LogP contribution in [0.2, 0.25) is 0 Å². The molecule has 1 aliphatic heterocycles. The zero-order valence-electron chi connectivity index (χ0n) is 13.2. The lowest BCUT2D eigenvalue weighted by atomic mass is 10.1. The smallest absolute Gasteiger partial charge is 0.339 e. The minimum absolute atomic E-state index is 0.0101. The van der Waals surface area contributed by atoms with Crippen molar-refractivity contribution >= 4 is 19.6 Å². The van der Waals surface area contributed by atoms with Crippen molar-refractivity contribution in [3.63, 3.8) is 0 Å². The van der Waals surface area contributed by atoms with Crippen molar-refractivity contribution in [3.8, 4) is 0 Å². The van der Waals surface area contributed by atoms with E-state index in [4.69, 9.17) is 9.84 Å². The molecule has 5 unspecified atom stereocenters. The molecule has 0 amide bonds. The number of nitrogens with one attached hydrogen (secondary N) is 1. The predicted molar refractivity (Wildman–Crippen MR) is 85.6 cm³/mol. The molecule has 13 heteroatoms. The molecule has 1 fully saturated rings. The summed E-state index contributed by atoms with van der Waals surface area (Å²) < 4.78 is 22.3. The fourth-order valence-electron chi connectivity index (χ4n) is 2.34. The molecule has 0 bridgehead atoms. The van der Waals surface area contributed by atoms with Crippen LogP contribution in [-0.4, -0.2) is 66.8 Å². The van der Waals surface area contributed by atoms with Gasteiger partial charge in [0.05, 0.1) is 12.2 Å². The van der Waals surface area contributed by atoms with Gasteiger partial charge in [-0.1, -0.05) is 12.7 Å². The molecule has 0 saturated carbocycles. The van der Waals surface area contributed by atoms with Gasteiger partial charge < -0.3 is 29.5 Å². The molecule has 1 aromatic heterocycles. The van der Waals surface area contributed by atoms with Gasteiger partial charge in [0.1, 0.15) is 24.5 Å². The number of nitrogens with zero attached hydrogens (tertiary/aromatic N) is 1. The van der Waals surface area contributed by atoms with E-state index in [0.29, 0.717) is 0 Å². The number of rotatable bonds is 7. The Morgan fingerprint density at radius 1 is 1.42 bits per heavy atom. The van der Waals surface area contributed by atoms with Gasteiger partial charge in [-0.2, -0.15) is 0 Å². The molecule has 0 aromatic carbocycles. The Kier molecular flexibility index (Phi) is 5.96. The second-order valence-electron chi connectivity index (χ2n) is 5.49. The quantitative estimate of drug-likeness (QED) is 0.327. The number of H-pyrrole nitrogens is 1. The zero-order valence-corrected chi connectivity index (χ0v) is 14.1. The minimum Gasteiger partial charge on any atom is -0.481 e. The third-order valence-corrected chi connectivity index (χ3v) is 4.82. The molecular weight excluding hydrogens is 375 g/mol. The number of aliphatic hydroxyl groups is 2. The number of aliphatic hydroxyl groups excluding tert-OH is 2. The molecule has 1 saturated heterocycles. The van der Waals surface area contributed by atoms with Gasteiger partial charge in [-0.15, -0.1) is 0 Å². The number of carboxylic acids is 1. The molecular formula is C13H17N2O10P. The summed E-state index contributed by atoms with van der Waals surface area (Å²) in [6.45, 7) is 2.70. The van der Waals surface area contributed by atoms with Crippen molar-refractivity contribution in [2.75, 3.05) is 12.8 Å². The fraction of sp³-hybridized carbons (Fsp3) is 0.462. The summed E-state index contributed by atoms with van der Waals surface area (Å²) in [5.74, 6) is -1.56. The number of carbonyl (C=O) groups is 1. The van der Waals surface area contributed by atoms with Crippen LogP contribution in [0, 0.1) is 0 Å². The molecule has 0 radical (unpaired) electrons. The van der Waals surface area contributed by atoms with E-state index in [0.717, 1.165) is 10.8 Å². The molecule has 0 spiro atoms. The molecule has 2 rings (SSSR count). The van der Waals surface area contributed by atoms with E-state index >= 15 is 0 Å². The predicted octanol–water partition coefficient (Wildman–Crippen LogP) is -1.91. The van der Waals surface area contributed by atoms with Gasteiger partial charge in [-0.25, -0.2) is 4.79 Å². The van der Waals surface area contributed by atoms with Crippen LogP contribution >= 0.6 is 7.60 Å². The van der Waals surface area contributed by atoms with E-state index < -0.39 is 62.1 Å². The van der Waals surface area contributed by atoms with Gasteiger partial charge in [0.15, 0.2) is 6.23 Å². The van der Waals surface area contributed by atoms with Crippen molar-refractivity contribution in [1.82, 2.24) is 9.55 Å². The average molecular weight is 392 g/mol. The van der Waals surface area contributed by atoms with E-state index in [2.05, 4.69) is 11.1 Å². The highest BCUT2D eigenvalue weighted by molar-refractivity contribution is 7.53. The Balaban J connectivity index is 2.19. The Hall–Kier alpha value is -2.08. The molecule has 5 atom stereocenters. The van der Waals surface area contributed by atoms with Gasteiger partial charge >= 0.3 is 19.3 Å². The number of carboxylic acid groups (broad SMARTS) is 1. The van der Waals surface area contributed by atoms with E-state index in [-0.39, 0.29) is 5.56 Å². The second-order valence-corrected chi connectivity index (χ2v) is 7.34. The summed E-state index contributed by atoms with van der Waals surface area (Å²) in [5.41, 5.74) is -1.61. The van der Waals surface area contributed by atoms with Gasteiger partial charge in [0.25, 0.3) is 5.56 Å². The SMILES string of the molecule is C=Cc1cn(C2OC(COP(=O)(O)CC(=O)O)C(O)C2O)c(=O)[nH]c1=O. The third kappa shape index (κ3) is 4.36. The number of aromatic amines is 1. The monoisotopic (exact) mass is 392 g/mol. The zero-order chi connectivity index (χ0) is 19.6. The minimum atomic E-state index is -4.47. The molecule has 1 aromatic rings. The van der Waals surface area contributed by atoms with Crippen molar-refractivity contribution in [2.45, 2.75) is 24.5 Å². The maximum absolute atomic E-state index is 11.9. The number of aliphatic carboxylic acids is 1. The van der Waals surface area contributed by atoms with E-state index in [9.17, 15) is 34.1 Å². The van der Waals surface area contributed by atoms with Crippen LogP contribution in [0.5, 0.6) is 0 Å². The lowest BCUT2D eigenvalue weighted by Crippen LogP contribution is -2.38. The summed E-state index contributed by atoms with van der Waals surface area (Å²) in [4.78, 5) is 45.3. The van der Waals surface area contributed by atoms with Crippen LogP contribution in [0.15, 0.2) is 22.4 Å². The van der Waals surface area contributed by atoms with Crippen LogP contribution in [0.3, 0.4) is 0 Å². The van der Waals surface area contributed by atoms with Crippen LogP contribution in [0.4, 0.5) is 0 Å². The Morgan fingerprint density at radius 2 is 2.08 bits per heavy atom. The first-order chi connectivity index (χ1) is 12.1. The van der Waals surface area contributed by atoms with Gasteiger partial charge in [0.2, 0.25) is 0 Å². The Morgan fingerprint density at radius 3 is 2.65 bits per heavy atom. The number of hydrogen-bond donors (Lipinski definition) is 5.